The third-order valence-corrected chi connectivity index (χ3v) is 4.33. The number of nitrogens with zero attached hydrogens (tertiary/aromatic N) is 3. The van der Waals surface area contributed by atoms with Crippen molar-refractivity contribution >= 4 is 22.5 Å². The number of rotatable bonds is 4. The normalized spacial score (nSPS) is 10.9. The standard InChI is InChI=1S/C20H17N5O2/c21-12-14-4-1-2-5-16(14)13-7-9-15(10-8-13)23-18-17-6-3-11-22-19(17)25(27)20(26)24-18/h1-11,27H,12,21H2,(H,23,24,26). The maximum absolute atomic E-state index is 11.9. The summed E-state index contributed by atoms with van der Waals surface area (Å²) in [7, 11) is 0. The molecule has 0 spiro atoms. The lowest BCUT2D eigenvalue weighted by Crippen LogP contribution is -2.23. The Morgan fingerprint density at radius 3 is 2.59 bits per heavy atom. The van der Waals surface area contributed by atoms with Crippen molar-refractivity contribution in [2.75, 3.05) is 5.32 Å². The van der Waals surface area contributed by atoms with Crippen molar-refractivity contribution in [1.82, 2.24) is 14.7 Å². The maximum atomic E-state index is 11.9. The Hall–Kier alpha value is -3.71. The van der Waals surface area contributed by atoms with E-state index in [0.717, 1.165) is 22.4 Å². The van der Waals surface area contributed by atoms with Gasteiger partial charge in [0.15, 0.2) is 5.65 Å². The van der Waals surface area contributed by atoms with Crippen LogP contribution >= 0.6 is 0 Å². The van der Waals surface area contributed by atoms with Crippen LogP contribution in [-0.2, 0) is 6.54 Å². The SMILES string of the molecule is NCc1ccccc1-c1ccc(Nc2nc(=O)n(O)c3ncccc23)cc1. The van der Waals surface area contributed by atoms with Crippen molar-refractivity contribution in [3.8, 4) is 11.1 Å². The first-order valence-corrected chi connectivity index (χ1v) is 8.40. The number of nitrogens with one attached hydrogen (secondary N) is 1. The fourth-order valence-corrected chi connectivity index (χ4v) is 2.99. The van der Waals surface area contributed by atoms with Gasteiger partial charge in [0.25, 0.3) is 0 Å². The van der Waals surface area contributed by atoms with Crippen molar-refractivity contribution in [2.24, 2.45) is 5.73 Å². The summed E-state index contributed by atoms with van der Waals surface area (Å²) >= 11 is 0. The molecule has 4 aromatic rings. The Balaban J connectivity index is 1.70. The minimum absolute atomic E-state index is 0.147. The number of benzene rings is 2. The maximum Gasteiger partial charge on any atom is 0.384 e. The van der Waals surface area contributed by atoms with Gasteiger partial charge in [-0.2, -0.15) is 4.98 Å². The lowest BCUT2D eigenvalue weighted by Gasteiger charge is -2.11. The number of nitrogens with two attached hydrogens (primary N) is 1. The molecule has 2 heterocycles. The van der Waals surface area contributed by atoms with Crippen molar-refractivity contribution in [3.63, 3.8) is 0 Å². The van der Waals surface area contributed by atoms with Gasteiger partial charge in [0.05, 0.1) is 5.39 Å². The highest BCUT2D eigenvalue weighted by molar-refractivity contribution is 5.88. The summed E-state index contributed by atoms with van der Waals surface area (Å²) in [6.45, 7) is 0.469. The average molecular weight is 359 g/mol. The number of hydrogen-bond acceptors (Lipinski definition) is 6. The van der Waals surface area contributed by atoms with Crippen LogP contribution in [0, 0.1) is 0 Å². The predicted octanol–water partition coefficient (Wildman–Crippen LogP) is 2.90. The van der Waals surface area contributed by atoms with Gasteiger partial charge in [-0.05, 0) is 41.0 Å². The number of fused-ring (bicyclic) bond motifs is 1. The molecule has 0 aliphatic heterocycles. The highest BCUT2D eigenvalue weighted by Crippen LogP contribution is 2.27. The lowest BCUT2D eigenvalue weighted by atomic mass is 9.99. The Kier molecular flexibility index (Phi) is 4.27. The molecule has 0 saturated heterocycles. The van der Waals surface area contributed by atoms with E-state index in [9.17, 15) is 10.0 Å². The zero-order chi connectivity index (χ0) is 18.8. The smallest absolute Gasteiger partial charge is 0.384 e. The molecule has 0 aliphatic rings. The molecule has 2 aromatic carbocycles. The molecule has 7 heteroatoms. The fraction of sp³-hybridized carbons (Fsp3) is 0.0500. The third-order valence-electron chi connectivity index (χ3n) is 4.33. The van der Waals surface area contributed by atoms with Gasteiger partial charge < -0.3 is 16.3 Å². The molecule has 27 heavy (non-hydrogen) atoms. The van der Waals surface area contributed by atoms with Gasteiger partial charge in [-0.3, -0.25) is 0 Å². The van der Waals surface area contributed by atoms with Gasteiger partial charge in [-0.15, -0.1) is 4.73 Å². The minimum Gasteiger partial charge on any atom is -0.422 e. The molecule has 0 unspecified atom stereocenters. The van der Waals surface area contributed by atoms with E-state index in [1.165, 1.54) is 6.20 Å². The second kappa shape index (κ2) is 6.89. The summed E-state index contributed by atoms with van der Waals surface area (Å²) in [5.41, 5.74) is 9.14. The van der Waals surface area contributed by atoms with Gasteiger partial charge in [0.2, 0.25) is 0 Å². The topological polar surface area (TPSA) is 106 Å². The molecule has 0 amide bonds. The van der Waals surface area contributed by atoms with E-state index in [1.807, 2.05) is 48.5 Å². The average Bonchev–Trinajstić information content (AvgIpc) is 2.72. The predicted molar refractivity (Wildman–Crippen MR) is 104 cm³/mol. The Morgan fingerprint density at radius 2 is 1.81 bits per heavy atom. The Bertz CT molecular complexity index is 1170. The van der Waals surface area contributed by atoms with Gasteiger partial charge >= 0.3 is 5.69 Å². The molecule has 0 aliphatic carbocycles. The number of aromatic nitrogens is 3. The second-order valence-corrected chi connectivity index (χ2v) is 5.99. The van der Waals surface area contributed by atoms with E-state index in [2.05, 4.69) is 15.3 Å². The zero-order valence-corrected chi connectivity index (χ0v) is 14.3. The van der Waals surface area contributed by atoms with E-state index in [4.69, 9.17) is 5.73 Å². The summed E-state index contributed by atoms with van der Waals surface area (Å²) in [5, 5.41) is 13.5. The minimum atomic E-state index is -0.794. The Morgan fingerprint density at radius 1 is 1.04 bits per heavy atom. The molecule has 4 N–H and O–H groups in total. The van der Waals surface area contributed by atoms with Gasteiger partial charge in [-0.1, -0.05) is 36.4 Å². The van der Waals surface area contributed by atoms with Crippen LogP contribution in [0.5, 0.6) is 0 Å². The first-order chi connectivity index (χ1) is 13.2. The van der Waals surface area contributed by atoms with Gasteiger partial charge in [-0.25, -0.2) is 9.78 Å². The Labute approximate surface area is 154 Å². The van der Waals surface area contributed by atoms with E-state index in [1.54, 1.807) is 12.1 Å². The second-order valence-electron chi connectivity index (χ2n) is 5.99. The summed E-state index contributed by atoms with van der Waals surface area (Å²) in [4.78, 5) is 19.8. The summed E-state index contributed by atoms with van der Waals surface area (Å²) < 4.78 is 0.438. The highest BCUT2D eigenvalue weighted by atomic mass is 16.5. The van der Waals surface area contributed by atoms with Crippen molar-refractivity contribution < 1.29 is 5.21 Å². The summed E-state index contributed by atoms with van der Waals surface area (Å²) in [5.74, 6) is 0.337. The highest BCUT2D eigenvalue weighted by Gasteiger charge is 2.11. The van der Waals surface area contributed by atoms with Crippen molar-refractivity contribution in [1.29, 1.82) is 0 Å². The van der Waals surface area contributed by atoms with Crippen LogP contribution in [0.25, 0.3) is 22.2 Å². The molecule has 0 bridgehead atoms. The van der Waals surface area contributed by atoms with Crippen LogP contribution in [0.4, 0.5) is 11.5 Å². The van der Waals surface area contributed by atoms with Crippen LogP contribution in [0.3, 0.4) is 0 Å². The van der Waals surface area contributed by atoms with Crippen LogP contribution in [0.15, 0.2) is 71.7 Å². The number of anilines is 2. The molecular formula is C20H17N5O2. The van der Waals surface area contributed by atoms with E-state index in [-0.39, 0.29) is 5.65 Å². The lowest BCUT2D eigenvalue weighted by molar-refractivity contribution is 0.182. The molecule has 0 saturated carbocycles. The third kappa shape index (κ3) is 3.11. The zero-order valence-electron chi connectivity index (χ0n) is 14.3. The van der Waals surface area contributed by atoms with Crippen LogP contribution in [0.1, 0.15) is 5.56 Å². The van der Waals surface area contributed by atoms with Crippen molar-refractivity contribution in [2.45, 2.75) is 6.54 Å². The van der Waals surface area contributed by atoms with E-state index in [0.29, 0.717) is 22.5 Å². The van der Waals surface area contributed by atoms with Crippen LogP contribution < -0.4 is 16.7 Å². The molecule has 0 atom stereocenters. The van der Waals surface area contributed by atoms with Crippen molar-refractivity contribution in [3.05, 3.63) is 82.9 Å². The van der Waals surface area contributed by atoms with E-state index >= 15 is 0 Å². The summed E-state index contributed by atoms with van der Waals surface area (Å²) in [6, 6.07) is 19.2. The number of hydrogen-bond donors (Lipinski definition) is 3. The fourth-order valence-electron chi connectivity index (χ4n) is 2.99. The monoisotopic (exact) mass is 359 g/mol. The first-order valence-electron chi connectivity index (χ1n) is 8.40. The molecule has 2 aromatic heterocycles. The van der Waals surface area contributed by atoms with Crippen LogP contribution in [-0.4, -0.2) is 19.9 Å². The van der Waals surface area contributed by atoms with Gasteiger partial charge in [0, 0.05) is 18.4 Å². The molecule has 7 nitrogen and oxygen atoms in total. The molecular weight excluding hydrogens is 342 g/mol. The molecule has 0 fully saturated rings. The first kappa shape index (κ1) is 16.7. The molecule has 0 radical (unpaired) electrons. The summed E-state index contributed by atoms with van der Waals surface area (Å²) in [6.07, 6.45) is 1.50. The quantitative estimate of drug-likeness (QED) is 0.484. The largest absolute Gasteiger partial charge is 0.422 e. The van der Waals surface area contributed by atoms with E-state index < -0.39 is 5.69 Å². The number of pyridine rings is 1. The molecule has 4 rings (SSSR count). The van der Waals surface area contributed by atoms with Gasteiger partial charge in [0.1, 0.15) is 5.82 Å². The molecule has 134 valence electrons. The van der Waals surface area contributed by atoms with Crippen LogP contribution in [0.2, 0.25) is 0 Å².